The van der Waals surface area contributed by atoms with Crippen LogP contribution in [-0.4, -0.2) is 24.3 Å². The van der Waals surface area contributed by atoms with Crippen molar-refractivity contribution in [1.82, 2.24) is 0 Å². The van der Waals surface area contributed by atoms with Crippen molar-refractivity contribution in [1.29, 1.82) is 0 Å². The molecule has 0 N–H and O–H groups in total. The lowest BCUT2D eigenvalue weighted by molar-refractivity contribution is -0.152. The molecule has 17 heavy (non-hydrogen) atoms. The second kappa shape index (κ2) is 5.82. The monoisotopic (exact) mass is 253 g/mol. The molecular formula is C13H16ClNO2. The molecule has 3 nitrogen and oxygen atoms in total. The van der Waals surface area contributed by atoms with E-state index >= 15 is 0 Å². The molecule has 0 aliphatic carbocycles. The zero-order chi connectivity index (χ0) is 12.9. The molecule has 1 aromatic rings. The van der Waals surface area contributed by atoms with Gasteiger partial charge in [0, 0.05) is 11.2 Å². The van der Waals surface area contributed by atoms with E-state index in [1.807, 2.05) is 32.9 Å². The van der Waals surface area contributed by atoms with Crippen molar-refractivity contribution >= 4 is 23.8 Å². The average molecular weight is 254 g/mol. The van der Waals surface area contributed by atoms with Crippen LogP contribution in [0.25, 0.3) is 0 Å². The minimum Gasteiger partial charge on any atom is -0.459 e. The second-order valence-corrected chi connectivity index (χ2v) is 5.05. The number of carbonyl (C=O) groups excluding carboxylic acids is 1. The van der Waals surface area contributed by atoms with Crippen molar-refractivity contribution in [2.45, 2.75) is 26.4 Å². The predicted molar refractivity (Wildman–Crippen MR) is 69.8 cm³/mol. The second-order valence-electron chi connectivity index (χ2n) is 4.61. The summed E-state index contributed by atoms with van der Waals surface area (Å²) in [7, 11) is 0. The van der Waals surface area contributed by atoms with Crippen LogP contribution in [-0.2, 0) is 9.53 Å². The van der Waals surface area contributed by atoms with Gasteiger partial charge in [-0.2, -0.15) is 0 Å². The number of ether oxygens (including phenoxy) is 1. The molecule has 92 valence electrons. The van der Waals surface area contributed by atoms with Crippen LogP contribution in [0.15, 0.2) is 29.3 Å². The quantitative estimate of drug-likeness (QED) is 0.613. The van der Waals surface area contributed by atoms with E-state index in [2.05, 4.69) is 4.99 Å². The van der Waals surface area contributed by atoms with E-state index < -0.39 is 5.60 Å². The fourth-order valence-electron chi connectivity index (χ4n) is 1.19. The summed E-state index contributed by atoms with van der Waals surface area (Å²) in [6.07, 6.45) is 1.61. The molecule has 0 unspecified atom stereocenters. The zero-order valence-electron chi connectivity index (χ0n) is 10.2. The molecule has 4 heteroatoms. The normalized spacial score (nSPS) is 11.8. The van der Waals surface area contributed by atoms with E-state index in [9.17, 15) is 4.79 Å². The van der Waals surface area contributed by atoms with E-state index in [4.69, 9.17) is 16.3 Å². The lowest BCUT2D eigenvalue weighted by Gasteiger charge is -2.18. The molecule has 0 aliphatic rings. The third kappa shape index (κ3) is 6.07. The van der Waals surface area contributed by atoms with Gasteiger partial charge in [-0.25, -0.2) is 0 Å². The minimum absolute atomic E-state index is 0.0176. The van der Waals surface area contributed by atoms with Crippen LogP contribution in [0.3, 0.4) is 0 Å². The van der Waals surface area contributed by atoms with Crippen LogP contribution >= 0.6 is 11.6 Å². The minimum atomic E-state index is -0.470. The Hall–Kier alpha value is -1.35. The van der Waals surface area contributed by atoms with Crippen molar-refractivity contribution < 1.29 is 9.53 Å². The van der Waals surface area contributed by atoms with Crippen LogP contribution in [0, 0.1) is 0 Å². The smallest absolute Gasteiger partial charge is 0.328 e. The van der Waals surface area contributed by atoms with E-state index in [0.29, 0.717) is 5.02 Å². The number of carbonyl (C=O) groups is 1. The summed E-state index contributed by atoms with van der Waals surface area (Å²) in [5.74, 6) is -0.337. The van der Waals surface area contributed by atoms with Crippen molar-refractivity contribution in [3.05, 3.63) is 34.9 Å². The van der Waals surface area contributed by atoms with Gasteiger partial charge in [0.15, 0.2) is 0 Å². The van der Waals surface area contributed by atoms with Gasteiger partial charge >= 0.3 is 5.97 Å². The predicted octanol–water partition coefficient (Wildman–Crippen LogP) is 3.10. The van der Waals surface area contributed by atoms with Crippen molar-refractivity contribution in [3.8, 4) is 0 Å². The van der Waals surface area contributed by atoms with Crippen LogP contribution in [0.4, 0.5) is 0 Å². The lowest BCUT2D eigenvalue weighted by Crippen LogP contribution is -2.25. The Balaban J connectivity index is 2.48. The van der Waals surface area contributed by atoms with Crippen molar-refractivity contribution in [3.63, 3.8) is 0 Å². The number of hydrogen-bond acceptors (Lipinski definition) is 3. The van der Waals surface area contributed by atoms with E-state index in [-0.39, 0.29) is 12.5 Å². The van der Waals surface area contributed by atoms with Crippen molar-refractivity contribution in [2.24, 2.45) is 4.99 Å². The molecule has 0 aromatic heterocycles. The van der Waals surface area contributed by atoms with E-state index in [1.54, 1.807) is 18.3 Å². The molecule has 0 spiro atoms. The molecule has 0 saturated carbocycles. The number of halogens is 1. The first kappa shape index (κ1) is 13.7. The highest BCUT2D eigenvalue weighted by Crippen LogP contribution is 2.09. The number of benzene rings is 1. The van der Waals surface area contributed by atoms with Gasteiger partial charge in [-0.3, -0.25) is 9.79 Å². The third-order valence-corrected chi connectivity index (χ3v) is 1.96. The number of hydrogen-bond donors (Lipinski definition) is 0. The SMILES string of the molecule is CC(C)(C)OC(=O)C/N=C/c1cccc(Cl)c1. The van der Waals surface area contributed by atoms with Gasteiger partial charge in [0.05, 0.1) is 0 Å². The Labute approximate surface area is 106 Å². The molecular weight excluding hydrogens is 238 g/mol. The summed E-state index contributed by atoms with van der Waals surface area (Å²) >= 11 is 5.82. The van der Waals surface area contributed by atoms with Crippen LogP contribution < -0.4 is 0 Å². The Bertz CT molecular complexity index is 422. The average Bonchev–Trinajstić information content (AvgIpc) is 2.14. The summed E-state index contributed by atoms with van der Waals surface area (Å²) in [5.41, 5.74) is 0.393. The first-order valence-corrected chi connectivity index (χ1v) is 5.72. The van der Waals surface area contributed by atoms with Crippen molar-refractivity contribution in [2.75, 3.05) is 6.54 Å². The summed E-state index contributed by atoms with van der Waals surface area (Å²) in [6, 6.07) is 7.26. The number of esters is 1. The Kier molecular flexibility index (Phi) is 4.70. The maximum absolute atomic E-state index is 11.4. The summed E-state index contributed by atoms with van der Waals surface area (Å²) < 4.78 is 5.12. The first-order chi connectivity index (χ1) is 7.87. The number of rotatable bonds is 3. The van der Waals surface area contributed by atoms with Gasteiger partial charge in [0.1, 0.15) is 12.1 Å². The summed E-state index contributed by atoms with van der Waals surface area (Å²) in [6.45, 7) is 5.49. The largest absolute Gasteiger partial charge is 0.459 e. The third-order valence-electron chi connectivity index (χ3n) is 1.73. The molecule has 0 atom stereocenters. The van der Waals surface area contributed by atoms with Gasteiger partial charge in [0.2, 0.25) is 0 Å². The molecule has 0 amide bonds. The Morgan fingerprint density at radius 3 is 2.76 bits per heavy atom. The fraction of sp³-hybridized carbons (Fsp3) is 0.385. The highest BCUT2D eigenvalue weighted by molar-refractivity contribution is 6.30. The molecule has 0 saturated heterocycles. The van der Waals surface area contributed by atoms with E-state index in [0.717, 1.165) is 5.56 Å². The zero-order valence-corrected chi connectivity index (χ0v) is 11.0. The number of nitrogens with zero attached hydrogens (tertiary/aromatic N) is 1. The summed E-state index contributed by atoms with van der Waals surface area (Å²) in [5, 5.41) is 0.645. The topological polar surface area (TPSA) is 38.7 Å². The molecule has 0 heterocycles. The molecule has 0 aliphatic heterocycles. The molecule has 1 aromatic carbocycles. The van der Waals surface area contributed by atoms with E-state index in [1.165, 1.54) is 0 Å². The molecule has 0 fully saturated rings. The molecule has 1 rings (SSSR count). The maximum atomic E-state index is 11.4. The first-order valence-electron chi connectivity index (χ1n) is 5.34. The van der Waals surface area contributed by atoms with Crippen LogP contribution in [0.1, 0.15) is 26.3 Å². The van der Waals surface area contributed by atoms with Gasteiger partial charge in [-0.1, -0.05) is 23.7 Å². The fourth-order valence-corrected chi connectivity index (χ4v) is 1.38. The van der Waals surface area contributed by atoms with Gasteiger partial charge in [-0.15, -0.1) is 0 Å². The highest BCUT2D eigenvalue weighted by atomic mass is 35.5. The van der Waals surface area contributed by atoms with Crippen LogP contribution in [0.5, 0.6) is 0 Å². The standard InChI is InChI=1S/C13H16ClNO2/c1-13(2,3)17-12(16)9-15-8-10-5-4-6-11(14)7-10/h4-8H,9H2,1-3H3/b15-8+. The van der Waals surface area contributed by atoms with Gasteiger partial charge in [0.25, 0.3) is 0 Å². The Morgan fingerprint density at radius 1 is 1.47 bits per heavy atom. The number of aliphatic imine (C=N–C) groups is 1. The van der Waals surface area contributed by atoms with Gasteiger partial charge < -0.3 is 4.74 Å². The Morgan fingerprint density at radius 2 is 2.18 bits per heavy atom. The highest BCUT2D eigenvalue weighted by Gasteiger charge is 2.15. The summed E-state index contributed by atoms with van der Waals surface area (Å²) in [4.78, 5) is 15.4. The van der Waals surface area contributed by atoms with Gasteiger partial charge in [-0.05, 0) is 38.5 Å². The molecule has 0 bridgehead atoms. The lowest BCUT2D eigenvalue weighted by atomic mass is 10.2. The maximum Gasteiger partial charge on any atom is 0.328 e. The molecule has 0 radical (unpaired) electrons. The van der Waals surface area contributed by atoms with Crippen LogP contribution in [0.2, 0.25) is 5.02 Å².